The zero-order chi connectivity index (χ0) is 20.1. The zero-order valence-corrected chi connectivity index (χ0v) is 17.4. The van der Waals surface area contributed by atoms with Crippen LogP contribution in [-0.2, 0) is 14.3 Å². The number of benzene rings is 1. The Morgan fingerprint density at radius 3 is 2.39 bits per heavy atom. The van der Waals surface area contributed by atoms with Crippen molar-refractivity contribution in [1.29, 1.82) is 0 Å². The predicted octanol–water partition coefficient (Wildman–Crippen LogP) is 4.86. The molecule has 1 aromatic carbocycles. The normalized spacial score (nSPS) is 23.1. The number of piperidine rings is 1. The lowest BCUT2D eigenvalue weighted by Gasteiger charge is -2.38. The lowest BCUT2D eigenvalue weighted by Crippen LogP contribution is -2.48. The minimum atomic E-state index is -0.642. The van der Waals surface area contributed by atoms with Crippen molar-refractivity contribution in [2.24, 2.45) is 5.92 Å². The van der Waals surface area contributed by atoms with Crippen molar-refractivity contribution in [2.75, 3.05) is 19.7 Å². The van der Waals surface area contributed by atoms with Crippen LogP contribution in [0.15, 0.2) is 24.3 Å². The van der Waals surface area contributed by atoms with Crippen molar-refractivity contribution in [3.8, 4) is 0 Å². The molecule has 2 atom stereocenters. The topological polar surface area (TPSA) is 55.8 Å². The molecule has 1 aromatic rings. The van der Waals surface area contributed by atoms with Crippen molar-refractivity contribution < 1.29 is 19.1 Å². The Balaban J connectivity index is 1.75. The molecule has 0 N–H and O–H groups in total. The zero-order valence-electron chi connectivity index (χ0n) is 17.4. The number of carbonyl (C=O) groups is 2. The lowest BCUT2D eigenvalue weighted by molar-refractivity contribution is -0.139. The van der Waals surface area contributed by atoms with E-state index < -0.39 is 6.16 Å². The first-order valence-corrected chi connectivity index (χ1v) is 10.7. The van der Waals surface area contributed by atoms with Crippen LogP contribution in [0, 0.1) is 5.92 Å². The maximum atomic E-state index is 13.0. The summed E-state index contributed by atoms with van der Waals surface area (Å²) in [6.07, 6.45) is 3.97. The highest BCUT2D eigenvalue weighted by atomic mass is 16.7. The summed E-state index contributed by atoms with van der Waals surface area (Å²) in [6.45, 7) is 7.57. The van der Waals surface area contributed by atoms with E-state index in [1.165, 1.54) is 11.1 Å². The van der Waals surface area contributed by atoms with Crippen molar-refractivity contribution in [3.05, 3.63) is 35.4 Å². The number of rotatable bonds is 5. The molecule has 0 aromatic heterocycles. The Morgan fingerprint density at radius 2 is 1.79 bits per heavy atom. The average Bonchev–Trinajstić information content (AvgIpc) is 3.22. The molecule has 0 bridgehead atoms. The molecule has 3 rings (SSSR count). The Bertz CT molecular complexity index is 664. The fraction of sp³-hybridized carbons (Fsp3) is 0.652. The monoisotopic (exact) mass is 387 g/mol. The van der Waals surface area contributed by atoms with Gasteiger partial charge in [-0.15, -0.1) is 0 Å². The van der Waals surface area contributed by atoms with Gasteiger partial charge >= 0.3 is 6.16 Å². The first-order valence-electron chi connectivity index (χ1n) is 10.7. The number of hydrogen-bond donors (Lipinski definition) is 0. The first kappa shape index (κ1) is 20.7. The molecule has 1 aliphatic heterocycles. The second kappa shape index (κ2) is 9.44. The van der Waals surface area contributed by atoms with Crippen LogP contribution in [0.4, 0.5) is 4.79 Å². The number of ether oxygens (including phenoxy) is 2. The van der Waals surface area contributed by atoms with E-state index >= 15 is 0 Å². The molecule has 1 saturated heterocycles. The van der Waals surface area contributed by atoms with Crippen LogP contribution >= 0.6 is 0 Å². The van der Waals surface area contributed by atoms with E-state index in [1.54, 1.807) is 6.92 Å². The van der Waals surface area contributed by atoms with Crippen molar-refractivity contribution in [3.63, 3.8) is 0 Å². The standard InChI is InChI=1S/C23H33NO4/c1-4-27-23(26)28-21-13-20(18-11-9-17(10-12-18)16(2)3)14-24(15-21)22(25)19-7-5-6-8-19/h9-12,16,19-21H,4-8,13-15H2,1-3H3. The molecule has 1 aliphatic carbocycles. The van der Waals surface area contributed by atoms with E-state index in [4.69, 9.17) is 9.47 Å². The van der Waals surface area contributed by atoms with Gasteiger partial charge in [-0.1, -0.05) is 51.0 Å². The Labute approximate surface area is 168 Å². The highest BCUT2D eigenvalue weighted by molar-refractivity contribution is 5.79. The number of likely N-dealkylation sites (tertiary alicyclic amines) is 1. The molecule has 0 radical (unpaired) electrons. The molecule has 1 saturated carbocycles. The summed E-state index contributed by atoms with van der Waals surface area (Å²) in [5.74, 6) is 1.00. The van der Waals surface area contributed by atoms with Gasteiger partial charge in [0.1, 0.15) is 6.10 Å². The molecule has 1 heterocycles. The van der Waals surface area contributed by atoms with Gasteiger partial charge in [-0.25, -0.2) is 4.79 Å². The van der Waals surface area contributed by atoms with Crippen LogP contribution in [0.2, 0.25) is 0 Å². The molecular formula is C23H33NO4. The van der Waals surface area contributed by atoms with Gasteiger partial charge in [0.25, 0.3) is 0 Å². The van der Waals surface area contributed by atoms with Crippen LogP contribution in [0.1, 0.15) is 75.8 Å². The van der Waals surface area contributed by atoms with Gasteiger partial charge in [-0.05, 0) is 43.2 Å². The molecule has 0 spiro atoms. The van der Waals surface area contributed by atoms with Crippen molar-refractivity contribution in [1.82, 2.24) is 4.90 Å². The third-order valence-electron chi connectivity index (χ3n) is 6.03. The quantitative estimate of drug-likeness (QED) is 0.677. The average molecular weight is 388 g/mol. The third kappa shape index (κ3) is 5.06. The van der Waals surface area contributed by atoms with Crippen molar-refractivity contribution >= 4 is 12.1 Å². The number of hydrogen-bond acceptors (Lipinski definition) is 4. The fourth-order valence-corrected chi connectivity index (χ4v) is 4.43. The summed E-state index contributed by atoms with van der Waals surface area (Å²) in [4.78, 5) is 26.8. The number of nitrogens with zero attached hydrogens (tertiary/aromatic N) is 1. The summed E-state index contributed by atoms with van der Waals surface area (Å²) < 4.78 is 10.5. The second-order valence-corrected chi connectivity index (χ2v) is 8.40. The third-order valence-corrected chi connectivity index (χ3v) is 6.03. The molecule has 5 nitrogen and oxygen atoms in total. The SMILES string of the molecule is CCOC(=O)OC1CC(c2ccc(C(C)C)cc2)CN(C(=O)C2CCCC2)C1. The van der Waals surface area contributed by atoms with Gasteiger partial charge < -0.3 is 14.4 Å². The maximum Gasteiger partial charge on any atom is 0.508 e. The Hall–Kier alpha value is -2.04. The van der Waals surface area contributed by atoms with E-state index in [2.05, 4.69) is 38.1 Å². The lowest BCUT2D eigenvalue weighted by atomic mass is 9.87. The largest absolute Gasteiger partial charge is 0.508 e. The highest BCUT2D eigenvalue weighted by Crippen LogP contribution is 2.33. The molecule has 154 valence electrons. The molecular weight excluding hydrogens is 354 g/mol. The van der Waals surface area contributed by atoms with Crippen LogP contribution in [0.5, 0.6) is 0 Å². The Kier molecular flexibility index (Phi) is 6.97. The van der Waals surface area contributed by atoms with Crippen LogP contribution in [-0.4, -0.2) is 42.8 Å². The summed E-state index contributed by atoms with van der Waals surface area (Å²) >= 11 is 0. The van der Waals surface area contributed by atoms with Crippen LogP contribution in [0.3, 0.4) is 0 Å². The highest BCUT2D eigenvalue weighted by Gasteiger charge is 2.36. The number of amides is 1. The van der Waals surface area contributed by atoms with E-state index in [0.29, 0.717) is 25.4 Å². The maximum absolute atomic E-state index is 13.0. The second-order valence-electron chi connectivity index (χ2n) is 8.40. The van der Waals surface area contributed by atoms with Gasteiger partial charge in [0.15, 0.2) is 0 Å². The number of carbonyl (C=O) groups excluding carboxylic acids is 2. The van der Waals surface area contributed by atoms with E-state index in [1.807, 2.05) is 4.90 Å². The summed E-state index contributed by atoms with van der Waals surface area (Å²) in [6, 6.07) is 8.65. The van der Waals surface area contributed by atoms with Gasteiger partial charge in [0.2, 0.25) is 5.91 Å². The van der Waals surface area contributed by atoms with E-state index in [0.717, 1.165) is 25.7 Å². The first-order chi connectivity index (χ1) is 13.5. The van der Waals surface area contributed by atoms with Gasteiger partial charge in [0, 0.05) is 18.4 Å². The fourth-order valence-electron chi connectivity index (χ4n) is 4.43. The summed E-state index contributed by atoms with van der Waals surface area (Å²) in [7, 11) is 0. The minimum absolute atomic E-state index is 0.130. The molecule has 2 unspecified atom stereocenters. The summed E-state index contributed by atoms with van der Waals surface area (Å²) in [5, 5.41) is 0. The summed E-state index contributed by atoms with van der Waals surface area (Å²) in [5.41, 5.74) is 2.50. The van der Waals surface area contributed by atoms with Crippen molar-refractivity contribution in [2.45, 2.75) is 70.8 Å². The molecule has 28 heavy (non-hydrogen) atoms. The van der Waals surface area contributed by atoms with Gasteiger partial charge in [-0.3, -0.25) is 4.79 Å². The minimum Gasteiger partial charge on any atom is -0.435 e. The van der Waals surface area contributed by atoms with Gasteiger partial charge in [-0.2, -0.15) is 0 Å². The smallest absolute Gasteiger partial charge is 0.435 e. The molecule has 2 fully saturated rings. The van der Waals surface area contributed by atoms with Crippen LogP contribution < -0.4 is 0 Å². The molecule has 1 amide bonds. The van der Waals surface area contributed by atoms with E-state index in [9.17, 15) is 9.59 Å². The molecule has 5 heteroatoms. The van der Waals surface area contributed by atoms with Gasteiger partial charge in [0.05, 0.1) is 13.2 Å². The Morgan fingerprint density at radius 1 is 1.11 bits per heavy atom. The molecule has 2 aliphatic rings. The van der Waals surface area contributed by atoms with E-state index in [-0.39, 0.29) is 30.5 Å². The van der Waals surface area contributed by atoms with Crippen LogP contribution in [0.25, 0.3) is 0 Å². The predicted molar refractivity (Wildman–Crippen MR) is 108 cm³/mol.